The Labute approximate surface area is 150 Å². The molecule has 0 aliphatic heterocycles. The second-order valence-corrected chi connectivity index (χ2v) is 7.10. The van der Waals surface area contributed by atoms with Crippen LogP contribution in [0, 0.1) is 0 Å². The van der Waals surface area contributed by atoms with Crippen molar-refractivity contribution in [2.75, 3.05) is 6.54 Å². The molecule has 0 radical (unpaired) electrons. The lowest BCUT2D eigenvalue weighted by molar-refractivity contribution is -0.132. The quantitative estimate of drug-likeness (QED) is 0.217. The number of aliphatic carboxylic acids is 1. The van der Waals surface area contributed by atoms with Gasteiger partial charge in [-0.05, 0) is 25.8 Å². The lowest BCUT2D eigenvalue weighted by Gasteiger charge is -2.04. The maximum Gasteiger partial charge on any atom is 0.330 e. The van der Waals surface area contributed by atoms with Gasteiger partial charge in [0.2, 0.25) is 0 Å². The molecule has 3 N–H and O–H groups in total. The predicted molar refractivity (Wildman–Crippen MR) is 104 cm³/mol. The number of carboxylic acids is 1. The fourth-order valence-electron chi connectivity index (χ4n) is 3.06. The largest absolute Gasteiger partial charge is 0.478 e. The van der Waals surface area contributed by atoms with Gasteiger partial charge in [-0.15, -0.1) is 0 Å². The molecule has 142 valence electrons. The Hall–Kier alpha value is -0.830. The normalized spacial score (nSPS) is 10.9. The van der Waals surface area contributed by atoms with Crippen molar-refractivity contribution in [2.24, 2.45) is 5.73 Å². The van der Waals surface area contributed by atoms with Crippen LogP contribution in [0.1, 0.15) is 109 Å². The SMILES string of the molecule is C=C(CCCCCCCCCCCCCCCCCCN)C(=O)O. The van der Waals surface area contributed by atoms with Crippen LogP contribution >= 0.6 is 0 Å². The zero-order valence-electron chi connectivity index (χ0n) is 15.9. The number of hydrogen-bond donors (Lipinski definition) is 2. The van der Waals surface area contributed by atoms with E-state index in [1.165, 1.54) is 89.9 Å². The second kappa shape index (κ2) is 18.5. The van der Waals surface area contributed by atoms with E-state index in [4.69, 9.17) is 10.8 Å². The third kappa shape index (κ3) is 17.5. The van der Waals surface area contributed by atoms with Gasteiger partial charge in [0.25, 0.3) is 0 Å². The van der Waals surface area contributed by atoms with E-state index in [0.717, 1.165) is 19.4 Å². The molecule has 0 aromatic carbocycles. The average molecular weight is 340 g/mol. The smallest absolute Gasteiger partial charge is 0.330 e. The molecule has 0 bridgehead atoms. The van der Waals surface area contributed by atoms with Gasteiger partial charge in [-0.25, -0.2) is 4.79 Å². The maximum atomic E-state index is 10.6. The number of rotatable bonds is 19. The molecule has 3 heteroatoms. The minimum absolute atomic E-state index is 0.352. The predicted octanol–water partition coefficient (Wildman–Crippen LogP) is 6.22. The first-order valence-corrected chi connectivity index (χ1v) is 10.3. The summed E-state index contributed by atoms with van der Waals surface area (Å²) < 4.78 is 0. The van der Waals surface area contributed by atoms with Crippen molar-refractivity contribution in [3.63, 3.8) is 0 Å². The van der Waals surface area contributed by atoms with Crippen molar-refractivity contribution in [1.82, 2.24) is 0 Å². The lowest BCUT2D eigenvalue weighted by atomic mass is 10.0. The zero-order valence-corrected chi connectivity index (χ0v) is 15.9. The van der Waals surface area contributed by atoms with Crippen LogP contribution in [-0.4, -0.2) is 17.6 Å². The third-order valence-corrected chi connectivity index (χ3v) is 4.74. The molecule has 0 aromatic rings. The second-order valence-electron chi connectivity index (χ2n) is 7.10. The molecule has 0 amide bonds. The van der Waals surface area contributed by atoms with Crippen LogP contribution in [0.15, 0.2) is 12.2 Å². The minimum Gasteiger partial charge on any atom is -0.478 e. The van der Waals surface area contributed by atoms with Gasteiger partial charge in [-0.1, -0.05) is 96.5 Å². The van der Waals surface area contributed by atoms with Gasteiger partial charge >= 0.3 is 5.97 Å². The van der Waals surface area contributed by atoms with Gasteiger partial charge in [0.1, 0.15) is 0 Å². The van der Waals surface area contributed by atoms with Gasteiger partial charge in [-0.2, -0.15) is 0 Å². The van der Waals surface area contributed by atoms with Gasteiger partial charge in [0.05, 0.1) is 0 Å². The lowest BCUT2D eigenvalue weighted by Crippen LogP contribution is -1.98. The van der Waals surface area contributed by atoms with Crippen LogP contribution in [0.4, 0.5) is 0 Å². The van der Waals surface area contributed by atoms with Gasteiger partial charge in [0, 0.05) is 5.57 Å². The van der Waals surface area contributed by atoms with Gasteiger partial charge in [-0.3, -0.25) is 0 Å². The van der Waals surface area contributed by atoms with Crippen molar-refractivity contribution in [3.8, 4) is 0 Å². The highest BCUT2D eigenvalue weighted by Gasteiger charge is 2.02. The van der Waals surface area contributed by atoms with Crippen molar-refractivity contribution < 1.29 is 9.90 Å². The Morgan fingerprint density at radius 2 is 0.917 bits per heavy atom. The standard InChI is InChI=1S/C21H41NO2/c1-20(21(23)24)18-16-14-12-10-8-6-4-2-3-5-7-9-11-13-15-17-19-22/h1-19,22H2,(H,23,24). The number of carbonyl (C=O) groups is 1. The fraction of sp³-hybridized carbons (Fsp3) is 0.857. The molecule has 0 fully saturated rings. The Kier molecular flexibility index (Phi) is 17.9. The third-order valence-electron chi connectivity index (χ3n) is 4.74. The highest BCUT2D eigenvalue weighted by atomic mass is 16.4. The molecule has 0 unspecified atom stereocenters. The Bertz CT molecular complexity index is 302. The van der Waals surface area contributed by atoms with E-state index >= 15 is 0 Å². The molecule has 0 aliphatic carbocycles. The average Bonchev–Trinajstić information content (AvgIpc) is 2.57. The molecule has 0 saturated heterocycles. The molecule has 0 spiro atoms. The molecule has 0 saturated carbocycles. The zero-order chi connectivity index (χ0) is 17.9. The Balaban J connectivity index is 3.05. The van der Waals surface area contributed by atoms with Crippen LogP contribution in [-0.2, 0) is 4.79 Å². The van der Waals surface area contributed by atoms with E-state index in [2.05, 4.69) is 6.58 Å². The topological polar surface area (TPSA) is 63.3 Å². The summed E-state index contributed by atoms with van der Waals surface area (Å²) in [6, 6.07) is 0. The van der Waals surface area contributed by atoms with E-state index in [0.29, 0.717) is 12.0 Å². The van der Waals surface area contributed by atoms with Gasteiger partial charge < -0.3 is 10.8 Å². The van der Waals surface area contributed by atoms with Crippen LogP contribution < -0.4 is 5.73 Å². The summed E-state index contributed by atoms with van der Waals surface area (Å²) in [4.78, 5) is 10.6. The summed E-state index contributed by atoms with van der Waals surface area (Å²) in [5.74, 6) is -0.846. The van der Waals surface area contributed by atoms with E-state index in [1.807, 2.05) is 0 Å². The first kappa shape index (κ1) is 23.2. The first-order chi connectivity index (χ1) is 11.7. The highest BCUT2D eigenvalue weighted by Crippen LogP contribution is 2.14. The summed E-state index contributed by atoms with van der Waals surface area (Å²) in [6.07, 6.45) is 21.6. The summed E-state index contributed by atoms with van der Waals surface area (Å²) in [5.41, 5.74) is 5.84. The summed E-state index contributed by atoms with van der Waals surface area (Å²) in [5, 5.41) is 8.71. The number of carboxylic acid groups (broad SMARTS) is 1. The number of hydrogen-bond acceptors (Lipinski definition) is 2. The molecule has 0 rings (SSSR count). The minimum atomic E-state index is -0.846. The van der Waals surface area contributed by atoms with Crippen molar-refractivity contribution >= 4 is 5.97 Å². The fourth-order valence-corrected chi connectivity index (χ4v) is 3.06. The van der Waals surface area contributed by atoms with Crippen molar-refractivity contribution in [3.05, 3.63) is 12.2 Å². The monoisotopic (exact) mass is 339 g/mol. The molecule has 0 aliphatic rings. The van der Waals surface area contributed by atoms with Crippen LogP contribution in [0.2, 0.25) is 0 Å². The summed E-state index contributed by atoms with van der Waals surface area (Å²) in [7, 11) is 0. The Morgan fingerprint density at radius 1 is 0.625 bits per heavy atom. The van der Waals surface area contributed by atoms with Crippen molar-refractivity contribution in [2.45, 2.75) is 109 Å². The number of unbranched alkanes of at least 4 members (excludes halogenated alkanes) is 15. The van der Waals surface area contributed by atoms with Crippen molar-refractivity contribution in [1.29, 1.82) is 0 Å². The Morgan fingerprint density at radius 3 is 1.21 bits per heavy atom. The molecule has 3 nitrogen and oxygen atoms in total. The molecule has 0 aromatic heterocycles. The van der Waals surface area contributed by atoms with Crippen LogP contribution in [0.3, 0.4) is 0 Å². The maximum absolute atomic E-state index is 10.6. The number of nitrogens with two attached hydrogens (primary N) is 1. The molecule has 0 atom stereocenters. The van der Waals surface area contributed by atoms with E-state index in [-0.39, 0.29) is 0 Å². The molecular weight excluding hydrogens is 298 g/mol. The van der Waals surface area contributed by atoms with Crippen LogP contribution in [0.25, 0.3) is 0 Å². The van der Waals surface area contributed by atoms with E-state index < -0.39 is 5.97 Å². The van der Waals surface area contributed by atoms with E-state index in [1.54, 1.807) is 0 Å². The summed E-state index contributed by atoms with van der Waals surface area (Å²) in [6.45, 7) is 4.41. The first-order valence-electron chi connectivity index (χ1n) is 10.3. The molecule has 24 heavy (non-hydrogen) atoms. The van der Waals surface area contributed by atoms with Crippen LogP contribution in [0.5, 0.6) is 0 Å². The van der Waals surface area contributed by atoms with E-state index in [9.17, 15) is 4.79 Å². The molecular formula is C21H41NO2. The highest BCUT2D eigenvalue weighted by molar-refractivity contribution is 5.85. The van der Waals surface area contributed by atoms with Gasteiger partial charge in [0.15, 0.2) is 0 Å². The summed E-state index contributed by atoms with van der Waals surface area (Å²) >= 11 is 0. The molecule has 0 heterocycles.